The molecule has 0 unspecified atom stereocenters. The largest absolute Gasteiger partial charge is 0.340 e. The first kappa shape index (κ1) is 17.5. The molecule has 0 aliphatic heterocycles. The van der Waals surface area contributed by atoms with Gasteiger partial charge >= 0.3 is 0 Å². The van der Waals surface area contributed by atoms with Gasteiger partial charge in [-0.1, -0.05) is 12.1 Å². The Hall–Kier alpha value is -3.34. The highest BCUT2D eigenvalue weighted by atomic mass is 16.1. The fourth-order valence-corrected chi connectivity index (χ4v) is 2.78. The van der Waals surface area contributed by atoms with Crippen molar-refractivity contribution in [2.24, 2.45) is 0 Å². The van der Waals surface area contributed by atoms with E-state index in [2.05, 4.69) is 15.3 Å². The van der Waals surface area contributed by atoms with Crippen molar-refractivity contribution < 1.29 is 4.79 Å². The summed E-state index contributed by atoms with van der Waals surface area (Å²) in [6, 6.07) is 15.1. The van der Waals surface area contributed by atoms with Crippen LogP contribution in [0, 0.1) is 19.3 Å². The van der Waals surface area contributed by atoms with Crippen LogP contribution in [0.4, 0.5) is 11.5 Å². The predicted octanol–water partition coefficient (Wildman–Crippen LogP) is 4.70. The number of nitrogens with zero attached hydrogens (tertiary/aromatic N) is 2. The third kappa shape index (κ3) is 3.67. The second-order valence-electron chi connectivity index (χ2n) is 6.15. The number of anilines is 2. The number of hydrogen-bond acceptors (Lipinski definition) is 5. The van der Waals surface area contributed by atoms with E-state index in [4.69, 9.17) is 5.41 Å². The Labute approximate surface area is 152 Å². The molecule has 1 aromatic carbocycles. The molecule has 0 fully saturated rings. The van der Waals surface area contributed by atoms with Crippen LogP contribution in [0.1, 0.15) is 34.2 Å². The summed E-state index contributed by atoms with van der Waals surface area (Å²) in [6.45, 7) is 5.39. The van der Waals surface area contributed by atoms with E-state index in [1.54, 1.807) is 6.07 Å². The van der Waals surface area contributed by atoms with Crippen molar-refractivity contribution in [3.63, 3.8) is 0 Å². The number of carbonyl (C=O) groups excluding carboxylic acids is 1. The summed E-state index contributed by atoms with van der Waals surface area (Å²) in [7, 11) is 0. The fraction of sp³-hybridized carbons (Fsp3) is 0.143. The smallest absolute Gasteiger partial charge is 0.178 e. The lowest BCUT2D eigenvalue weighted by molar-refractivity contribution is 0.101. The van der Waals surface area contributed by atoms with E-state index in [1.807, 2.05) is 56.3 Å². The molecule has 0 aliphatic carbocycles. The maximum atomic E-state index is 11.6. The van der Waals surface area contributed by atoms with Gasteiger partial charge in [0.15, 0.2) is 5.78 Å². The van der Waals surface area contributed by atoms with Gasteiger partial charge in [-0.05, 0) is 55.8 Å². The summed E-state index contributed by atoms with van der Waals surface area (Å²) in [6.07, 6.45) is 1.33. The molecule has 130 valence electrons. The van der Waals surface area contributed by atoms with Gasteiger partial charge in [-0.2, -0.15) is 0 Å². The lowest BCUT2D eigenvalue weighted by Crippen LogP contribution is -2.02. The van der Waals surface area contributed by atoms with Crippen LogP contribution in [0.15, 0.2) is 48.5 Å². The minimum Gasteiger partial charge on any atom is -0.340 e. The highest BCUT2D eigenvalue weighted by Gasteiger charge is 2.11. The average Bonchev–Trinajstić information content (AvgIpc) is 2.61. The number of carbonyl (C=O) groups is 1. The van der Waals surface area contributed by atoms with Gasteiger partial charge in [-0.25, -0.2) is 9.97 Å². The topological polar surface area (TPSA) is 78.7 Å². The SMILES string of the molecule is CC(=O)c1cccc(-c2cc(C)c(C=N)c(Nc3cccc(C)n3)c2)n1. The molecule has 0 amide bonds. The van der Waals surface area contributed by atoms with Crippen LogP contribution in [0.25, 0.3) is 11.3 Å². The van der Waals surface area contributed by atoms with Crippen molar-refractivity contribution >= 4 is 23.5 Å². The Kier molecular flexibility index (Phi) is 4.89. The number of ketones is 1. The summed E-state index contributed by atoms with van der Waals surface area (Å²) < 4.78 is 0. The second kappa shape index (κ2) is 7.27. The number of aryl methyl sites for hydroxylation is 2. The molecule has 2 heterocycles. The maximum Gasteiger partial charge on any atom is 0.178 e. The van der Waals surface area contributed by atoms with E-state index < -0.39 is 0 Å². The number of benzene rings is 1. The van der Waals surface area contributed by atoms with E-state index in [0.29, 0.717) is 5.69 Å². The monoisotopic (exact) mass is 344 g/mol. The summed E-state index contributed by atoms with van der Waals surface area (Å²) >= 11 is 0. The molecule has 5 nitrogen and oxygen atoms in total. The number of pyridine rings is 2. The lowest BCUT2D eigenvalue weighted by atomic mass is 10.0. The van der Waals surface area contributed by atoms with Gasteiger partial charge in [0, 0.05) is 35.6 Å². The summed E-state index contributed by atoms with van der Waals surface area (Å²) in [5.41, 5.74) is 5.47. The minimum atomic E-state index is -0.0676. The van der Waals surface area contributed by atoms with Gasteiger partial charge in [0.2, 0.25) is 0 Å². The number of rotatable bonds is 5. The van der Waals surface area contributed by atoms with Crippen molar-refractivity contribution in [2.75, 3.05) is 5.32 Å². The summed E-state index contributed by atoms with van der Waals surface area (Å²) in [5, 5.41) is 11.0. The molecule has 2 N–H and O–H groups in total. The van der Waals surface area contributed by atoms with Crippen molar-refractivity contribution in [3.05, 3.63) is 71.0 Å². The molecule has 0 bridgehead atoms. The van der Waals surface area contributed by atoms with Gasteiger partial charge in [-0.3, -0.25) is 4.79 Å². The van der Waals surface area contributed by atoms with Crippen LogP contribution >= 0.6 is 0 Å². The predicted molar refractivity (Wildman–Crippen MR) is 105 cm³/mol. The standard InChI is InChI=1S/C21H20N4O/c1-13-10-16(19-8-5-7-18(24-19)15(3)26)11-20(17(13)12-22)25-21-9-4-6-14(2)23-21/h4-12,22H,1-3H3,(H,23,25). The normalized spacial score (nSPS) is 10.4. The molecule has 0 atom stereocenters. The van der Waals surface area contributed by atoms with E-state index in [9.17, 15) is 4.79 Å². The van der Waals surface area contributed by atoms with Crippen molar-refractivity contribution in [1.82, 2.24) is 9.97 Å². The first-order valence-corrected chi connectivity index (χ1v) is 8.32. The Bertz CT molecular complexity index is 995. The van der Waals surface area contributed by atoms with E-state index >= 15 is 0 Å². The number of nitrogens with one attached hydrogen (secondary N) is 2. The van der Waals surface area contributed by atoms with Crippen LogP contribution in [0.2, 0.25) is 0 Å². The van der Waals surface area contributed by atoms with Gasteiger partial charge in [0.05, 0.1) is 5.69 Å². The van der Waals surface area contributed by atoms with E-state index in [-0.39, 0.29) is 5.78 Å². The van der Waals surface area contributed by atoms with Crippen molar-refractivity contribution in [3.8, 4) is 11.3 Å². The highest BCUT2D eigenvalue weighted by Crippen LogP contribution is 2.29. The van der Waals surface area contributed by atoms with Gasteiger partial charge in [0.25, 0.3) is 0 Å². The first-order valence-electron chi connectivity index (χ1n) is 8.32. The van der Waals surface area contributed by atoms with Crippen LogP contribution < -0.4 is 5.32 Å². The third-order valence-corrected chi connectivity index (χ3v) is 4.09. The number of hydrogen-bond donors (Lipinski definition) is 2. The quantitative estimate of drug-likeness (QED) is 0.519. The van der Waals surface area contributed by atoms with Gasteiger partial charge < -0.3 is 10.7 Å². The zero-order chi connectivity index (χ0) is 18.7. The summed E-state index contributed by atoms with van der Waals surface area (Å²) in [5.74, 6) is 0.650. The molecule has 26 heavy (non-hydrogen) atoms. The van der Waals surface area contributed by atoms with E-state index in [1.165, 1.54) is 13.1 Å². The average molecular weight is 344 g/mol. The second-order valence-corrected chi connectivity index (χ2v) is 6.15. The first-order chi connectivity index (χ1) is 12.5. The zero-order valence-corrected chi connectivity index (χ0v) is 15.0. The zero-order valence-electron chi connectivity index (χ0n) is 15.0. The molecule has 0 saturated heterocycles. The Morgan fingerprint density at radius 2 is 1.85 bits per heavy atom. The van der Waals surface area contributed by atoms with Gasteiger partial charge in [0.1, 0.15) is 11.5 Å². The molecular formula is C21H20N4O. The minimum absolute atomic E-state index is 0.0676. The number of aromatic nitrogens is 2. The maximum absolute atomic E-state index is 11.6. The molecule has 0 aliphatic rings. The molecule has 3 rings (SSSR count). The molecule has 3 aromatic rings. The van der Waals surface area contributed by atoms with Crippen molar-refractivity contribution in [2.45, 2.75) is 20.8 Å². The van der Waals surface area contributed by atoms with Crippen molar-refractivity contribution in [1.29, 1.82) is 5.41 Å². The Morgan fingerprint density at radius 3 is 2.54 bits per heavy atom. The molecule has 0 radical (unpaired) electrons. The Morgan fingerprint density at radius 1 is 1.08 bits per heavy atom. The van der Waals surface area contributed by atoms with E-state index in [0.717, 1.165) is 39.6 Å². The Balaban J connectivity index is 2.08. The fourth-order valence-electron chi connectivity index (χ4n) is 2.78. The van der Waals surface area contributed by atoms with Crippen LogP contribution in [-0.2, 0) is 0 Å². The molecule has 2 aromatic heterocycles. The third-order valence-electron chi connectivity index (χ3n) is 4.09. The lowest BCUT2D eigenvalue weighted by Gasteiger charge is -2.14. The molecule has 5 heteroatoms. The molecular weight excluding hydrogens is 324 g/mol. The molecule has 0 saturated carbocycles. The van der Waals surface area contributed by atoms with Gasteiger partial charge in [-0.15, -0.1) is 0 Å². The van der Waals surface area contributed by atoms with Crippen LogP contribution in [0.5, 0.6) is 0 Å². The summed E-state index contributed by atoms with van der Waals surface area (Å²) in [4.78, 5) is 20.5. The number of Topliss-reactive ketones (excluding diaryl/α,β-unsaturated/α-hetero) is 1. The molecule has 0 spiro atoms. The van der Waals surface area contributed by atoms with Crippen LogP contribution in [-0.4, -0.2) is 22.0 Å². The highest BCUT2D eigenvalue weighted by molar-refractivity contribution is 5.93. The van der Waals surface area contributed by atoms with Crippen LogP contribution in [0.3, 0.4) is 0 Å².